The van der Waals surface area contributed by atoms with Gasteiger partial charge in [-0.05, 0) is 24.5 Å². The van der Waals surface area contributed by atoms with E-state index in [4.69, 9.17) is 0 Å². The molecule has 3 rings (SSSR count). The van der Waals surface area contributed by atoms with Crippen LogP contribution in [0.25, 0.3) is 11.4 Å². The minimum atomic E-state index is -0.243. The molecule has 2 heterocycles. The predicted octanol–water partition coefficient (Wildman–Crippen LogP) is 1.10. The Labute approximate surface area is 121 Å². The molecule has 6 nitrogen and oxygen atoms in total. The van der Waals surface area contributed by atoms with Crippen LogP contribution in [0.15, 0.2) is 35.4 Å². The summed E-state index contributed by atoms with van der Waals surface area (Å²) in [6, 6.07) is 4.99. The third kappa shape index (κ3) is 3.16. The van der Waals surface area contributed by atoms with E-state index in [9.17, 15) is 9.59 Å². The first-order valence-electron chi connectivity index (χ1n) is 6.92. The molecule has 0 aromatic carbocycles. The van der Waals surface area contributed by atoms with Crippen LogP contribution in [-0.2, 0) is 11.3 Å². The van der Waals surface area contributed by atoms with E-state index in [-0.39, 0.29) is 23.9 Å². The second-order valence-corrected chi connectivity index (χ2v) is 5.36. The number of hydrogen-bond donors (Lipinski definition) is 2. The summed E-state index contributed by atoms with van der Waals surface area (Å²) >= 11 is 0. The standard InChI is InChI=1S/C15H16N4O2/c1-9-5-12(9)15(21)17-8-11-6-13(20)19-14(18-11)10-3-2-4-16-7-10/h2-4,6-7,9,12H,5,8H2,1H3,(H,17,21)(H,18,19,20). The lowest BCUT2D eigenvalue weighted by molar-refractivity contribution is -0.122. The van der Waals surface area contributed by atoms with E-state index >= 15 is 0 Å². The van der Waals surface area contributed by atoms with E-state index in [0.717, 1.165) is 12.0 Å². The van der Waals surface area contributed by atoms with Gasteiger partial charge in [0.05, 0.1) is 12.2 Å². The maximum atomic E-state index is 11.8. The number of nitrogens with one attached hydrogen (secondary N) is 2. The summed E-state index contributed by atoms with van der Waals surface area (Å²) in [6.45, 7) is 2.31. The highest BCUT2D eigenvalue weighted by molar-refractivity contribution is 5.81. The SMILES string of the molecule is CC1CC1C(=O)NCc1cc(=O)[nH]c(-c2cccnc2)n1. The van der Waals surface area contributed by atoms with Crippen molar-refractivity contribution < 1.29 is 4.79 Å². The summed E-state index contributed by atoms with van der Waals surface area (Å²) in [6.07, 6.45) is 4.23. The molecule has 0 radical (unpaired) electrons. The maximum absolute atomic E-state index is 11.8. The Hall–Kier alpha value is -2.50. The molecule has 0 saturated heterocycles. The number of H-pyrrole nitrogens is 1. The first kappa shape index (κ1) is 13.5. The van der Waals surface area contributed by atoms with Crippen LogP contribution in [0.1, 0.15) is 19.0 Å². The Morgan fingerprint density at radius 3 is 3.00 bits per heavy atom. The van der Waals surface area contributed by atoms with Gasteiger partial charge in [-0.3, -0.25) is 14.6 Å². The van der Waals surface area contributed by atoms with E-state index < -0.39 is 0 Å². The topological polar surface area (TPSA) is 87.7 Å². The Morgan fingerprint density at radius 2 is 2.33 bits per heavy atom. The Kier molecular flexibility index (Phi) is 3.51. The summed E-state index contributed by atoms with van der Waals surface area (Å²) in [5.74, 6) is 1.07. The van der Waals surface area contributed by atoms with Crippen LogP contribution < -0.4 is 10.9 Å². The number of carbonyl (C=O) groups is 1. The molecule has 1 aliphatic carbocycles. The molecular formula is C15H16N4O2. The molecule has 2 aromatic heterocycles. The lowest BCUT2D eigenvalue weighted by atomic mass is 10.2. The third-order valence-corrected chi connectivity index (χ3v) is 3.62. The molecule has 1 amide bonds. The summed E-state index contributed by atoms with van der Waals surface area (Å²) in [5, 5.41) is 2.83. The Bertz CT molecular complexity index is 711. The normalized spacial score (nSPS) is 20.0. The van der Waals surface area contributed by atoms with Crippen LogP contribution in [0.3, 0.4) is 0 Å². The molecule has 6 heteroatoms. The van der Waals surface area contributed by atoms with Gasteiger partial charge in [-0.2, -0.15) is 0 Å². The van der Waals surface area contributed by atoms with Crippen LogP contribution >= 0.6 is 0 Å². The molecular weight excluding hydrogens is 268 g/mol. The van der Waals surface area contributed by atoms with Crippen LogP contribution in [0.2, 0.25) is 0 Å². The van der Waals surface area contributed by atoms with Crippen LogP contribution in [0.4, 0.5) is 0 Å². The molecule has 2 N–H and O–H groups in total. The van der Waals surface area contributed by atoms with Crippen molar-refractivity contribution in [3.05, 3.63) is 46.6 Å². The number of carbonyl (C=O) groups excluding carboxylic acids is 1. The van der Waals surface area contributed by atoms with Crippen molar-refractivity contribution in [2.24, 2.45) is 11.8 Å². The van der Waals surface area contributed by atoms with Crippen molar-refractivity contribution in [1.82, 2.24) is 20.3 Å². The Morgan fingerprint density at radius 1 is 1.52 bits per heavy atom. The number of hydrogen-bond acceptors (Lipinski definition) is 4. The van der Waals surface area contributed by atoms with E-state index in [1.165, 1.54) is 6.07 Å². The monoisotopic (exact) mass is 284 g/mol. The highest BCUT2D eigenvalue weighted by Crippen LogP contribution is 2.37. The molecule has 0 aliphatic heterocycles. The van der Waals surface area contributed by atoms with Gasteiger partial charge in [0, 0.05) is 29.9 Å². The molecule has 108 valence electrons. The van der Waals surface area contributed by atoms with Crippen molar-refractivity contribution in [2.75, 3.05) is 0 Å². The van der Waals surface area contributed by atoms with Gasteiger partial charge in [-0.15, -0.1) is 0 Å². The van der Waals surface area contributed by atoms with Crippen molar-refractivity contribution >= 4 is 5.91 Å². The number of nitrogens with zero attached hydrogens (tertiary/aromatic N) is 2. The zero-order valence-corrected chi connectivity index (χ0v) is 11.7. The van der Waals surface area contributed by atoms with Crippen LogP contribution in [0.5, 0.6) is 0 Å². The first-order valence-corrected chi connectivity index (χ1v) is 6.92. The van der Waals surface area contributed by atoms with Crippen LogP contribution in [0, 0.1) is 11.8 Å². The Balaban J connectivity index is 1.75. The lowest BCUT2D eigenvalue weighted by Crippen LogP contribution is -2.26. The number of amides is 1. The molecule has 1 saturated carbocycles. The van der Waals surface area contributed by atoms with Gasteiger partial charge in [0.25, 0.3) is 5.56 Å². The van der Waals surface area contributed by atoms with Crippen molar-refractivity contribution in [2.45, 2.75) is 19.9 Å². The summed E-state index contributed by atoms with van der Waals surface area (Å²) < 4.78 is 0. The predicted molar refractivity (Wildman–Crippen MR) is 77.2 cm³/mol. The summed E-state index contributed by atoms with van der Waals surface area (Å²) in [4.78, 5) is 34.5. The van der Waals surface area contributed by atoms with Crippen molar-refractivity contribution in [3.8, 4) is 11.4 Å². The maximum Gasteiger partial charge on any atom is 0.251 e. The number of aromatic amines is 1. The fraction of sp³-hybridized carbons (Fsp3) is 0.333. The first-order chi connectivity index (χ1) is 10.1. The van der Waals surface area contributed by atoms with Gasteiger partial charge in [-0.25, -0.2) is 4.98 Å². The minimum absolute atomic E-state index is 0.0347. The molecule has 2 aromatic rings. The van der Waals surface area contributed by atoms with Crippen molar-refractivity contribution in [1.29, 1.82) is 0 Å². The average molecular weight is 284 g/mol. The average Bonchev–Trinajstić information content (AvgIpc) is 3.22. The van der Waals surface area contributed by atoms with Crippen molar-refractivity contribution in [3.63, 3.8) is 0 Å². The van der Waals surface area contributed by atoms with Crippen LogP contribution in [-0.4, -0.2) is 20.9 Å². The zero-order valence-electron chi connectivity index (χ0n) is 11.7. The van der Waals surface area contributed by atoms with Gasteiger partial charge in [-0.1, -0.05) is 6.92 Å². The highest BCUT2D eigenvalue weighted by atomic mass is 16.2. The largest absolute Gasteiger partial charge is 0.350 e. The second-order valence-electron chi connectivity index (χ2n) is 5.36. The highest BCUT2D eigenvalue weighted by Gasteiger charge is 2.38. The summed E-state index contributed by atoms with van der Waals surface area (Å²) in [5.41, 5.74) is 1.03. The molecule has 1 aliphatic rings. The second kappa shape index (κ2) is 5.47. The molecule has 21 heavy (non-hydrogen) atoms. The number of rotatable bonds is 4. The van der Waals surface area contributed by atoms with E-state index in [0.29, 0.717) is 17.4 Å². The third-order valence-electron chi connectivity index (χ3n) is 3.62. The molecule has 0 spiro atoms. The van der Waals surface area contributed by atoms with E-state index in [1.807, 2.05) is 6.07 Å². The lowest BCUT2D eigenvalue weighted by Gasteiger charge is -2.06. The van der Waals surface area contributed by atoms with Gasteiger partial charge < -0.3 is 10.3 Å². The minimum Gasteiger partial charge on any atom is -0.350 e. The fourth-order valence-electron chi connectivity index (χ4n) is 2.23. The van der Waals surface area contributed by atoms with Gasteiger partial charge >= 0.3 is 0 Å². The summed E-state index contributed by atoms with van der Waals surface area (Å²) in [7, 11) is 0. The fourth-order valence-corrected chi connectivity index (χ4v) is 2.23. The molecule has 1 fully saturated rings. The zero-order chi connectivity index (χ0) is 14.8. The van der Waals surface area contributed by atoms with E-state index in [1.54, 1.807) is 18.5 Å². The molecule has 2 atom stereocenters. The number of aromatic nitrogens is 3. The quantitative estimate of drug-likeness (QED) is 0.880. The molecule has 0 bridgehead atoms. The number of pyridine rings is 1. The smallest absolute Gasteiger partial charge is 0.251 e. The van der Waals surface area contributed by atoms with Gasteiger partial charge in [0.1, 0.15) is 5.82 Å². The van der Waals surface area contributed by atoms with Gasteiger partial charge in [0.2, 0.25) is 5.91 Å². The van der Waals surface area contributed by atoms with Gasteiger partial charge in [0.15, 0.2) is 0 Å². The van der Waals surface area contributed by atoms with E-state index in [2.05, 4.69) is 27.2 Å². The molecule has 2 unspecified atom stereocenters.